The van der Waals surface area contributed by atoms with Gasteiger partial charge in [-0.15, -0.1) is 5.10 Å². The van der Waals surface area contributed by atoms with Crippen LogP contribution in [0.2, 0.25) is 0 Å². The van der Waals surface area contributed by atoms with Crippen molar-refractivity contribution in [2.45, 2.75) is 32.4 Å². The third-order valence-corrected chi connectivity index (χ3v) is 3.75. The van der Waals surface area contributed by atoms with E-state index in [2.05, 4.69) is 59.7 Å². The highest BCUT2D eigenvalue weighted by Crippen LogP contribution is 2.19. The second kappa shape index (κ2) is 6.06. The van der Waals surface area contributed by atoms with Crippen LogP contribution in [0, 0.1) is 0 Å². The van der Waals surface area contributed by atoms with Crippen LogP contribution in [-0.2, 0) is 6.54 Å². The summed E-state index contributed by atoms with van der Waals surface area (Å²) in [5, 5.41) is 10.9. The fraction of sp³-hybridized carbons (Fsp3) is 0.294. The Morgan fingerprint density at radius 2 is 1.95 bits per heavy atom. The van der Waals surface area contributed by atoms with Crippen molar-refractivity contribution in [3.8, 4) is 0 Å². The zero-order valence-corrected chi connectivity index (χ0v) is 12.2. The molecule has 4 nitrogen and oxygen atoms in total. The lowest BCUT2D eigenvalue weighted by atomic mass is 10.0. The summed E-state index contributed by atoms with van der Waals surface area (Å²) < 4.78 is 1.87. The first-order valence-electron chi connectivity index (χ1n) is 7.40. The van der Waals surface area contributed by atoms with E-state index in [4.69, 9.17) is 5.73 Å². The predicted octanol–water partition coefficient (Wildman–Crippen LogP) is 3.28. The van der Waals surface area contributed by atoms with Crippen LogP contribution in [0.5, 0.6) is 0 Å². The van der Waals surface area contributed by atoms with Crippen molar-refractivity contribution in [3.63, 3.8) is 0 Å². The first kappa shape index (κ1) is 13.8. The zero-order chi connectivity index (χ0) is 14.7. The number of nitrogens with two attached hydrogens (primary N) is 1. The van der Waals surface area contributed by atoms with Gasteiger partial charge in [0.25, 0.3) is 0 Å². The Bertz CT molecular complexity index is 727. The Morgan fingerprint density at radius 3 is 2.81 bits per heavy atom. The average Bonchev–Trinajstić information content (AvgIpc) is 2.97. The topological polar surface area (TPSA) is 56.7 Å². The van der Waals surface area contributed by atoms with Crippen LogP contribution in [0.4, 0.5) is 0 Å². The van der Waals surface area contributed by atoms with Crippen LogP contribution in [0.1, 0.15) is 37.1 Å². The largest absolute Gasteiger partial charge is 0.323 e. The van der Waals surface area contributed by atoms with E-state index in [1.165, 1.54) is 16.3 Å². The maximum Gasteiger partial charge on any atom is 0.0994 e. The quantitative estimate of drug-likeness (QED) is 0.780. The number of fused-ring (bicyclic) bond motifs is 1. The van der Waals surface area contributed by atoms with Gasteiger partial charge in [-0.25, -0.2) is 4.68 Å². The van der Waals surface area contributed by atoms with Crippen LogP contribution < -0.4 is 5.73 Å². The molecule has 2 N–H and O–H groups in total. The minimum Gasteiger partial charge on any atom is -0.323 e. The molecule has 21 heavy (non-hydrogen) atoms. The van der Waals surface area contributed by atoms with Gasteiger partial charge >= 0.3 is 0 Å². The standard InChI is InChI=1S/C17H20N4/c1-2-6-16(18)17-12-21(20-19-17)11-14-9-5-8-13-7-3-4-10-15(13)14/h3-5,7-10,12,16H,2,6,11,18H2,1H3. The highest BCUT2D eigenvalue weighted by atomic mass is 15.4. The molecule has 1 atom stereocenters. The monoisotopic (exact) mass is 280 g/mol. The van der Waals surface area contributed by atoms with Gasteiger partial charge in [0.15, 0.2) is 0 Å². The van der Waals surface area contributed by atoms with E-state index in [-0.39, 0.29) is 6.04 Å². The summed E-state index contributed by atoms with van der Waals surface area (Å²) >= 11 is 0. The second-order valence-electron chi connectivity index (χ2n) is 5.37. The van der Waals surface area contributed by atoms with Crippen molar-refractivity contribution in [2.75, 3.05) is 0 Å². The summed E-state index contributed by atoms with van der Waals surface area (Å²) in [5.41, 5.74) is 8.20. The van der Waals surface area contributed by atoms with Crippen LogP contribution in [-0.4, -0.2) is 15.0 Å². The SMILES string of the molecule is CCCC(N)c1cn(Cc2cccc3ccccc23)nn1. The van der Waals surface area contributed by atoms with E-state index in [0.29, 0.717) is 6.54 Å². The van der Waals surface area contributed by atoms with E-state index in [0.717, 1.165) is 18.5 Å². The second-order valence-corrected chi connectivity index (χ2v) is 5.37. The molecule has 0 amide bonds. The highest BCUT2D eigenvalue weighted by Gasteiger charge is 2.10. The van der Waals surface area contributed by atoms with E-state index in [1.807, 2.05) is 10.9 Å². The van der Waals surface area contributed by atoms with Crippen LogP contribution in [0.25, 0.3) is 10.8 Å². The van der Waals surface area contributed by atoms with Crippen molar-refractivity contribution in [3.05, 3.63) is 59.9 Å². The molecule has 3 aromatic rings. The van der Waals surface area contributed by atoms with Gasteiger partial charge in [-0.1, -0.05) is 61.0 Å². The average molecular weight is 280 g/mol. The smallest absolute Gasteiger partial charge is 0.0994 e. The van der Waals surface area contributed by atoms with Gasteiger partial charge in [0, 0.05) is 0 Å². The maximum atomic E-state index is 6.09. The summed E-state index contributed by atoms with van der Waals surface area (Å²) in [4.78, 5) is 0. The Kier molecular flexibility index (Phi) is 3.97. The van der Waals surface area contributed by atoms with Gasteiger partial charge in [-0.3, -0.25) is 0 Å². The van der Waals surface area contributed by atoms with Crippen molar-refractivity contribution in [1.82, 2.24) is 15.0 Å². The van der Waals surface area contributed by atoms with E-state index in [9.17, 15) is 0 Å². The number of hydrogen-bond acceptors (Lipinski definition) is 3. The molecule has 0 aliphatic rings. The number of hydrogen-bond donors (Lipinski definition) is 1. The summed E-state index contributed by atoms with van der Waals surface area (Å²) in [6.07, 6.45) is 3.95. The lowest BCUT2D eigenvalue weighted by Crippen LogP contribution is -2.10. The summed E-state index contributed by atoms with van der Waals surface area (Å²) in [6, 6.07) is 14.7. The van der Waals surface area contributed by atoms with Gasteiger partial charge in [-0.2, -0.15) is 0 Å². The van der Waals surface area contributed by atoms with Crippen molar-refractivity contribution >= 4 is 10.8 Å². The van der Waals surface area contributed by atoms with Gasteiger partial charge in [0.05, 0.1) is 24.5 Å². The van der Waals surface area contributed by atoms with Gasteiger partial charge in [0.2, 0.25) is 0 Å². The molecule has 0 aliphatic carbocycles. The summed E-state index contributed by atoms with van der Waals surface area (Å²) in [5.74, 6) is 0. The van der Waals surface area contributed by atoms with Crippen LogP contribution in [0.3, 0.4) is 0 Å². The molecule has 0 aliphatic heterocycles. The minimum absolute atomic E-state index is 0.0173. The predicted molar refractivity (Wildman–Crippen MR) is 84.9 cm³/mol. The molecular weight excluding hydrogens is 260 g/mol. The highest BCUT2D eigenvalue weighted by molar-refractivity contribution is 5.85. The van der Waals surface area contributed by atoms with Gasteiger partial charge < -0.3 is 5.73 Å². The maximum absolute atomic E-state index is 6.09. The molecule has 0 saturated heterocycles. The minimum atomic E-state index is -0.0173. The molecule has 0 saturated carbocycles. The third kappa shape index (κ3) is 2.95. The molecule has 1 unspecified atom stereocenters. The molecule has 1 heterocycles. The molecule has 0 radical (unpaired) electrons. The fourth-order valence-corrected chi connectivity index (χ4v) is 2.62. The zero-order valence-electron chi connectivity index (χ0n) is 12.2. The number of nitrogens with zero attached hydrogens (tertiary/aromatic N) is 3. The van der Waals surface area contributed by atoms with E-state index < -0.39 is 0 Å². The molecule has 0 bridgehead atoms. The first-order chi connectivity index (χ1) is 10.3. The summed E-state index contributed by atoms with van der Waals surface area (Å²) in [7, 11) is 0. The van der Waals surface area contributed by atoms with Crippen LogP contribution >= 0.6 is 0 Å². The molecule has 1 aromatic heterocycles. The third-order valence-electron chi connectivity index (χ3n) is 3.75. The van der Waals surface area contributed by atoms with Crippen molar-refractivity contribution in [1.29, 1.82) is 0 Å². The number of rotatable bonds is 5. The summed E-state index contributed by atoms with van der Waals surface area (Å²) in [6.45, 7) is 2.84. The Labute approximate surface area is 124 Å². The lowest BCUT2D eigenvalue weighted by molar-refractivity contribution is 0.617. The molecule has 0 spiro atoms. The number of aromatic nitrogens is 3. The van der Waals surface area contributed by atoms with Gasteiger partial charge in [-0.05, 0) is 22.8 Å². The van der Waals surface area contributed by atoms with E-state index in [1.54, 1.807) is 0 Å². The van der Waals surface area contributed by atoms with E-state index >= 15 is 0 Å². The Morgan fingerprint density at radius 1 is 1.14 bits per heavy atom. The Balaban J connectivity index is 1.86. The number of benzene rings is 2. The van der Waals surface area contributed by atoms with Crippen molar-refractivity contribution < 1.29 is 0 Å². The molecule has 4 heteroatoms. The molecule has 2 aromatic carbocycles. The molecule has 0 fully saturated rings. The first-order valence-corrected chi connectivity index (χ1v) is 7.40. The Hall–Kier alpha value is -2.20. The molecule has 3 rings (SSSR count). The normalized spacial score (nSPS) is 12.7. The lowest BCUT2D eigenvalue weighted by Gasteiger charge is -2.06. The fourth-order valence-electron chi connectivity index (χ4n) is 2.62. The van der Waals surface area contributed by atoms with Crippen molar-refractivity contribution in [2.24, 2.45) is 5.73 Å². The van der Waals surface area contributed by atoms with Gasteiger partial charge in [0.1, 0.15) is 0 Å². The molecular formula is C17H20N4. The molecule has 108 valence electrons. The van der Waals surface area contributed by atoms with Crippen LogP contribution in [0.15, 0.2) is 48.7 Å².